The summed E-state index contributed by atoms with van der Waals surface area (Å²) in [6.07, 6.45) is 0.903. The van der Waals surface area contributed by atoms with Gasteiger partial charge in [-0.3, -0.25) is 19.2 Å². The zero-order chi connectivity index (χ0) is 37.8. The van der Waals surface area contributed by atoms with E-state index in [1.54, 1.807) is 72.6 Å². The monoisotopic (exact) mass is 722 g/mol. The van der Waals surface area contributed by atoms with Gasteiger partial charge in [-0.25, -0.2) is 4.39 Å². The van der Waals surface area contributed by atoms with E-state index in [0.29, 0.717) is 36.4 Å². The van der Waals surface area contributed by atoms with Crippen molar-refractivity contribution in [2.75, 3.05) is 33.4 Å². The van der Waals surface area contributed by atoms with Gasteiger partial charge in [0, 0.05) is 32.0 Å². The first-order valence-corrected chi connectivity index (χ1v) is 17.9. The van der Waals surface area contributed by atoms with E-state index in [1.807, 2.05) is 44.2 Å². The molecule has 5 rings (SSSR count). The highest BCUT2D eigenvalue weighted by molar-refractivity contribution is 6.00. The lowest BCUT2D eigenvalue weighted by atomic mass is 9.84. The molecule has 0 fully saturated rings. The lowest BCUT2D eigenvalue weighted by molar-refractivity contribution is -0.133. The van der Waals surface area contributed by atoms with Gasteiger partial charge in [-0.05, 0) is 66.8 Å². The van der Waals surface area contributed by atoms with Crippen LogP contribution in [-0.2, 0) is 21.4 Å². The summed E-state index contributed by atoms with van der Waals surface area (Å²) in [4.78, 5) is 56.2. The molecule has 10 nitrogen and oxygen atoms in total. The third-order valence-corrected chi connectivity index (χ3v) is 9.41. The molecular formula is C42H47FN4O6. The molecule has 0 unspecified atom stereocenters. The van der Waals surface area contributed by atoms with Crippen molar-refractivity contribution in [3.63, 3.8) is 0 Å². The van der Waals surface area contributed by atoms with Gasteiger partial charge in [-0.1, -0.05) is 80.6 Å². The minimum atomic E-state index is -1.06. The molecule has 2 atom stereocenters. The number of para-hydroxylation sites is 2. The number of fused-ring (bicyclic) bond motifs is 2. The van der Waals surface area contributed by atoms with Gasteiger partial charge in [0.25, 0.3) is 11.8 Å². The molecule has 0 bridgehead atoms. The second kappa shape index (κ2) is 18.2. The highest BCUT2D eigenvalue weighted by Crippen LogP contribution is 2.24. The number of ether oxygens (including phenoxy) is 2. The summed E-state index contributed by atoms with van der Waals surface area (Å²) in [5.74, 6) is -1.18. The maximum absolute atomic E-state index is 13.9. The first-order valence-electron chi connectivity index (χ1n) is 17.9. The number of carbonyl (C=O) groups is 4. The minimum Gasteiger partial charge on any atom is -0.493 e. The van der Waals surface area contributed by atoms with Gasteiger partial charge in [0.2, 0.25) is 11.8 Å². The van der Waals surface area contributed by atoms with Crippen molar-refractivity contribution >= 4 is 23.6 Å². The van der Waals surface area contributed by atoms with Crippen LogP contribution < -0.4 is 25.4 Å². The SMILES string of the molecule is CN1C(=O)CC[C@@H](C(=O)NCC(C)(C)c2ccc(F)cc2)NC(=O)c2ccccc2OCCCNC(=O)c2ccccc2OC[C@@H]1Cc1ccccc1. The van der Waals surface area contributed by atoms with Crippen LogP contribution in [0.25, 0.3) is 0 Å². The number of likely N-dealkylation sites (N-methyl/N-ethyl adjacent to an activating group) is 1. The average Bonchev–Trinajstić information content (AvgIpc) is 3.17. The fourth-order valence-electron chi connectivity index (χ4n) is 6.08. The van der Waals surface area contributed by atoms with E-state index in [9.17, 15) is 23.6 Å². The first-order chi connectivity index (χ1) is 25.5. The fourth-order valence-corrected chi connectivity index (χ4v) is 6.08. The molecule has 278 valence electrons. The van der Waals surface area contributed by atoms with E-state index < -0.39 is 29.3 Å². The van der Waals surface area contributed by atoms with Crippen LogP contribution in [0.3, 0.4) is 0 Å². The number of rotatable bonds is 6. The molecule has 0 radical (unpaired) electrons. The second-order valence-corrected chi connectivity index (χ2v) is 13.8. The summed E-state index contributed by atoms with van der Waals surface area (Å²) < 4.78 is 25.8. The lowest BCUT2D eigenvalue weighted by Gasteiger charge is -2.30. The van der Waals surface area contributed by atoms with E-state index in [1.165, 1.54) is 12.1 Å². The molecule has 4 aromatic rings. The normalized spacial score (nSPS) is 17.9. The summed E-state index contributed by atoms with van der Waals surface area (Å²) in [7, 11) is 1.69. The van der Waals surface area contributed by atoms with Crippen LogP contribution in [0.1, 0.15) is 65.0 Å². The lowest BCUT2D eigenvalue weighted by Crippen LogP contribution is -2.50. The molecule has 0 aliphatic carbocycles. The van der Waals surface area contributed by atoms with Crippen LogP contribution in [-0.4, -0.2) is 74.0 Å². The van der Waals surface area contributed by atoms with Gasteiger partial charge >= 0.3 is 0 Å². The molecule has 0 spiro atoms. The number of nitrogens with zero attached hydrogens (tertiary/aromatic N) is 1. The fraction of sp³-hybridized carbons (Fsp3) is 0.333. The molecule has 0 saturated heterocycles. The van der Waals surface area contributed by atoms with Gasteiger partial charge in [0.1, 0.15) is 30.0 Å². The Morgan fingerprint density at radius 1 is 0.849 bits per heavy atom. The zero-order valence-corrected chi connectivity index (χ0v) is 30.4. The summed E-state index contributed by atoms with van der Waals surface area (Å²) in [5.41, 5.74) is 1.87. The minimum absolute atomic E-state index is 0.0165. The average molecular weight is 723 g/mol. The molecule has 1 aliphatic heterocycles. The van der Waals surface area contributed by atoms with E-state index in [-0.39, 0.29) is 55.8 Å². The van der Waals surface area contributed by atoms with Crippen molar-refractivity contribution in [2.24, 2.45) is 0 Å². The molecule has 53 heavy (non-hydrogen) atoms. The van der Waals surface area contributed by atoms with Gasteiger partial charge in [-0.2, -0.15) is 0 Å². The Kier molecular flexibility index (Phi) is 13.2. The van der Waals surface area contributed by atoms with Gasteiger partial charge in [0.05, 0.1) is 23.8 Å². The largest absolute Gasteiger partial charge is 0.493 e. The maximum atomic E-state index is 13.9. The molecule has 1 aliphatic rings. The Morgan fingerprint density at radius 2 is 1.47 bits per heavy atom. The van der Waals surface area contributed by atoms with Crippen LogP contribution >= 0.6 is 0 Å². The van der Waals surface area contributed by atoms with Crippen molar-refractivity contribution in [3.05, 3.63) is 131 Å². The Balaban J connectivity index is 1.41. The highest BCUT2D eigenvalue weighted by atomic mass is 19.1. The summed E-state index contributed by atoms with van der Waals surface area (Å²) in [5, 5.41) is 8.71. The number of nitrogens with one attached hydrogen (secondary N) is 3. The molecule has 0 aromatic heterocycles. The molecule has 0 saturated carbocycles. The van der Waals surface area contributed by atoms with Crippen molar-refractivity contribution in [3.8, 4) is 11.5 Å². The number of amides is 4. The van der Waals surface area contributed by atoms with Crippen LogP contribution in [0.5, 0.6) is 11.5 Å². The maximum Gasteiger partial charge on any atom is 0.255 e. The Morgan fingerprint density at radius 3 is 2.17 bits per heavy atom. The summed E-state index contributed by atoms with van der Waals surface area (Å²) >= 11 is 0. The summed E-state index contributed by atoms with van der Waals surface area (Å²) in [6, 6.07) is 28.0. The third-order valence-electron chi connectivity index (χ3n) is 9.41. The number of hydrogen-bond acceptors (Lipinski definition) is 6. The molecule has 3 N–H and O–H groups in total. The number of hydrogen-bond donors (Lipinski definition) is 3. The summed E-state index contributed by atoms with van der Waals surface area (Å²) in [6.45, 7) is 4.69. The van der Waals surface area contributed by atoms with E-state index in [0.717, 1.165) is 11.1 Å². The zero-order valence-electron chi connectivity index (χ0n) is 30.4. The molecule has 4 amide bonds. The number of carbonyl (C=O) groups excluding carboxylic acids is 4. The van der Waals surface area contributed by atoms with Crippen LogP contribution in [0.4, 0.5) is 4.39 Å². The van der Waals surface area contributed by atoms with E-state index in [4.69, 9.17) is 9.47 Å². The molecule has 1 heterocycles. The Bertz CT molecular complexity index is 1870. The smallest absolute Gasteiger partial charge is 0.255 e. The van der Waals surface area contributed by atoms with Crippen LogP contribution in [0, 0.1) is 5.82 Å². The van der Waals surface area contributed by atoms with Crippen LogP contribution in [0.15, 0.2) is 103 Å². The van der Waals surface area contributed by atoms with Crippen molar-refractivity contribution in [1.82, 2.24) is 20.9 Å². The van der Waals surface area contributed by atoms with Crippen LogP contribution in [0.2, 0.25) is 0 Å². The van der Waals surface area contributed by atoms with Crippen molar-refractivity contribution in [2.45, 2.75) is 57.0 Å². The van der Waals surface area contributed by atoms with E-state index in [2.05, 4.69) is 16.0 Å². The number of benzene rings is 4. The van der Waals surface area contributed by atoms with Gasteiger partial charge in [0.15, 0.2) is 0 Å². The van der Waals surface area contributed by atoms with E-state index >= 15 is 0 Å². The van der Waals surface area contributed by atoms with Crippen molar-refractivity contribution in [1.29, 1.82) is 0 Å². The predicted molar refractivity (Wildman–Crippen MR) is 200 cm³/mol. The predicted octanol–water partition coefficient (Wildman–Crippen LogP) is 5.46. The Hall–Kier alpha value is -5.71. The second-order valence-electron chi connectivity index (χ2n) is 13.8. The first kappa shape index (κ1) is 38.5. The standard InChI is InChI=1S/C42H47FN4O6/c1-42(2,30-18-20-31(43)21-19-30)28-45-41(51)35-22-23-38(48)47(3)32(26-29-12-5-4-6-13-29)27-53-37-17-10-7-14-33(37)39(49)44-24-11-25-52-36-16-9-8-15-34(36)40(50)46-35/h4-10,12-21,32,35H,11,22-28H2,1-3H3,(H,44,49)(H,45,51)(H,46,50)/t32-,35-/m0/s1. The molecule has 11 heteroatoms. The highest BCUT2D eigenvalue weighted by Gasteiger charge is 2.29. The van der Waals surface area contributed by atoms with Crippen molar-refractivity contribution < 1.29 is 33.0 Å². The van der Waals surface area contributed by atoms with Gasteiger partial charge in [-0.15, -0.1) is 0 Å². The van der Waals surface area contributed by atoms with Gasteiger partial charge < -0.3 is 30.3 Å². The molecular weight excluding hydrogens is 675 g/mol. The quantitative estimate of drug-likeness (QED) is 0.243. The topological polar surface area (TPSA) is 126 Å². The molecule has 4 aromatic carbocycles. The third kappa shape index (κ3) is 10.7. The number of halogens is 1. The Labute approximate surface area is 310 Å².